The van der Waals surface area contributed by atoms with Crippen LogP contribution in [-0.2, 0) is 38.8 Å². The normalized spacial score (nSPS) is 17.7. The van der Waals surface area contributed by atoms with Gasteiger partial charge in [-0.25, -0.2) is 0 Å². The van der Waals surface area contributed by atoms with Gasteiger partial charge in [0.15, 0.2) is 0 Å². The first-order chi connectivity index (χ1) is 16.6. The third-order valence-corrected chi connectivity index (χ3v) is 6.91. The van der Waals surface area contributed by atoms with Gasteiger partial charge < -0.3 is 20.1 Å². The van der Waals surface area contributed by atoms with E-state index in [1.165, 1.54) is 0 Å². The molecule has 1 unspecified atom stereocenters. The lowest BCUT2D eigenvalue weighted by Gasteiger charge is -2.29. The van der Waals surface area contributed by atoms with E-state index in [0.29, 0.717) is 51.5 Å². The summed E-state index contributed by atoms with van der Waals surface area (Å²) in [6.07, 6.45) is 0.614. The molecule has 2 aliphatic heterocycles. The Hall–Kier alpha value is -2.72. The Morgan fingerprint density at radius 2 is 1.71 bits per heavy atom. The maximum atomic E-state index is 12.9. The van der Waals surface area contributed by atoms with E-state index in [1.807, 2.05) is 36.4 Å². The van der Waals surface area contributed by atoms with E-state index in [4.69, 9.17) is 15.2 Å². The molecule has 1 saturated heterocycles. The molecule has 1 fully saturated rings. The Labute approximate surface area is 203 Å². The summed E-state index contributed by atoms with van der Waals surface area (Å²) in [6.45, 7) is 3.10. The molecule has 2 aliphatic rings. The minimum absolute atomic E-state index is 0.153. The van der Waals surface area contributed by atoms with Gasteiger partial charge in [-0.3, -0.25) is 19.7 Å². The Morgan fingerprint density at radius 3 is 2.38 bits per heavy atom. The molecule has 0 aromatic heterocycles. The highest BCUT2D eigenvalue weighted by Crippen LogP contribution is 2.34. The molecular weight excluding hydrogens is 454 g/mol. The van der Waals surface area contributed by atoms with Crippen molar-refractivity contribution in [1.82, 2.24) is 10.2 Å². The van der Waals surface area contributed by atoms with Crippen LogP contribution in [0.15, 0.2) is 47.4 Å². The summed E-state index contributed by atoms with van der Waals surface area (Å²) in [5.74, 6) is -0.0843. The molecule has 3 amide bonds. The Balaban J connectivity index is 1.25. The molecule has 0 spiro atoms. The van der Waals surface area contributed by atoms with Crippen LogP contribution in [0, 0.1) is 0 Å². The number of nitrogens with zero attached hydrogens (tertiary/aromatic N) is 1. The SMILES string of the molecule is NCCOCc1ccc(COCCSc2cccc3c2CN(C2CCC(=O)NC2=O)C3=O)cc1. The minimum Gasteiger partial charge on any atom is -0.376 e. The summed E-state index contributed by atoms with van der Waals surface area (Å²) in [7, 11) is 0. The van der Waals surface area contributed by atoms with E-state index < -0.39 is 11.9 Å². The Bertz CT molecular complexity index is 1040. The topological polar surface area (TPSA) is 111 Å². The molecule has 4 rings (SSSR count). The van der Waals surface area contributed by atoms with Crippen LogP contribution in [0.1, 0.15) is 39.9 Å². The van der Waals surface area contributed by atoms with E-state index in [1.54, 1.807) is 22.7 Å². The average Bonchev–Trinajstić information content (AvgIpc) is 3.17. The number of nitrogens with two attached hydrogens (primary N) is 1. The number of imide groups is 1. The number of amides is 3. The van der Waals surface area contributed by atoms with Crippen molar-refractivity contribution in [3.05, 3.63) is 64.7 Å². The van der Waals surface area contributed by atoms with Crippen LogP contribution in [0.25, 0.3) is 0 Å². The van der Waals surface area contributed by atoms with Gasteiger partial charge in [0.1, 0.15) is 6.04 Å². The highest BCUT2D eigenvalue weighted by Gasteiger charge is 2.39. The second-order valence-corrected chi connectivity index (χ2v) is 9.38. The summed E-state index contributed by atoms with van der Waals surface area (Å²) in [6, 6.07) is 13.2. The van der Waals surface area contributed by atoms with Crippen molar-refractivity contribution >= 4 is 29.5 Å². The largest absolute Gasteiger partial charge is 0.376 e. The zero-order valence-electron chi connectivity index (χ0n) is 19.0. The summed E-state index contributed by atoms with van der Waals surface area (Å²) < 4.78 is 11.3. The number of ether oxygens (including phenoxy) is 2. The van der Waals surface area contributed by atoms with Gasteiger partial charge >= 0.3 is 0 Å². The van der Waals surface area contributed by atoms with E-state index in [-0.39, 0.29) is 18.2 Å². The van der Waals surface area contributed by atoms with Gasteiger partial charge in [0.2, 0.25) is 11.8 Å². The van der Waals surface area contributed by atoms with Crippen molar-refractivity contribution in [2.45, 2.75) is 43.5 Å². The molecule has 3 N–H and O–H groups in total. The second-order valence-electron chi connectivity index (χ2n) is 8.24. The summed E-state index contributed by atoms with van der Waals surface area (Å²) in [4.78, 5) is 39.2. The van der Waals surface area contributed by atoms with Crippen molar-refractivity contribution in [1.29, 1.82) is 0 Å². The third-order valence-electron chi connectivity index (χ3n) is 5.85. The van der Waals surface area contributed by atoms with Gasteiger partial charge in [0.25, 0.3) is 5.91 Å². The highest BCUT2D eigenvalue weighted by molar-refractivity contribution is 7.99. The molecule has 9 heteroatoms. The number of piperidine rings is 1. The lowest BCUT2D eigenvalue weighted by molar-refractivity contribution is -0.136. The predicted octanol–water partition coefficient (Wildman–Crippen LogP) is 2.23. The number of fused-ring (bicyclic) bond motifs is 1. The molecule has 0 aliphatic carbocycles. The minimum atomic E-state index is -0.600. The first-order valence-corrected chi connectivity index (χ1v) is 12.4. The van der Waals surface area contributed by atoms with E-state index >= 15 is 0 Å². The molecule has 0 bridgehead atoms. The van der Waals surface area contributed by atoms with Crippen LogP contribution < -0.4 is 11.1 Å². The van der Waals surface area contributed by atoms with Gasteiger partial charge in [-0.15, -0.1) is 11.8 Å². The number of carbonyl (C=O) groups excluding carboxylic acids is 3. The van der Waals surface area contributed by atoms with Gasteiger partial charge in [-0.1, -0.05) is 30.3 Å². The summed E-state index contributed by atoms with van der Waals surface area (Å²) in [5, 5.41) is 2.34. The zero-order valence-corrected chi connectivity index (χ0v) is 19.8. The van der Waals surface area contributed by atoms with E-state index in [0.717, 1.165) is 27.3 Å². The number of rotatable bonds is 11. The quantitative estimate of drug-likeness (QED) is 0.286. The highest BCUT2D eigenvalue weighted by atomic mass is 32.2. The van der Waals surface area contributed by atoms with Gasteiger partial charge in [-0.2, -0.15) is 0 Å². The number of hydrogen-bond acceptors (Lipinski definition) is 7. The van der Waals surface area contributed by atoms with Crippen LogP contribution in [0.3, 0.4) is 0 Å². The maximum absolute atomic E-state index is 12.9. The van der Waals surface area contributed by atoms with Crippen LogP contribution in [0.4, 0.5) is 0 Å². The molecule has 2 aromatic rings. The maximum Gasteiger partial charge on any atom is 0.255 e. The summed E-state index contributed by atoms with van der Waals surface area (Å²) >= 11 is 1.64. The molecule has 1 atom stereocenters. The number of thioether (sulfide) groups is 1. The van der Waals surface area contributed by atoms with Gasteiger partial charge in [0, 0.05) is 35.7 Å². The Kier molecular flexibility index (Phi) is 8.34. The van der Waals surface area contributed by atoms with Gasteiger partial charge in [-0.05, 0) is 35.2 Å². The molecule has 2 heterocycles. The molecule has 8 nitrogen and oxygen atoms in total. The fraction of sp³-hybridized carbons (Fsp3) is 0.400. The smallest absolute Gasteiger partial charge is 0.255 e. The van der Waals surface area contributed by atoms with Crippen LogP contribution in [0.2, 0.25) is 0 Å². The van der Waals surface area contributed by atoms with Crippen molar-refractivity contribution in [2.75, 3.05) is 25.5 Å². The van der Waals surface area contributed by atoms with Crippen molar-refractivity contribution in [3.63, 3.8) is 0 Å². The van der Waals surface area contributed by atoms with Crippen molar-refractivity contribution < 1.29 is 23.9 Å². The molecule has 0 saturated carbocycles. The van der Waals surface area contributed by atoms with Crippen LogP contribution in [0.5, 0.6) is 0 Å². The molecule has 2 aromatic carbocycles. The first-order valence-electron chi connectivity index (χ1n) is 11.4. The molecule has 180 valence electrons. The van der Waals surface area contributed by atoms with Crippen molar-refractivity contribution in [2.24, 2.45) is 5.73 Å². The fourth-order valence-corrected chi connectivity index (χ4v) is 5.04. The van der Waals surface area contributed by atoms with E-state index in [9.17, 15) is 14.4 Å². The molecule has 0 radical (unpaired) electrons. The molecule has 34 heavy (non-hydrogen) atoms. The molecular formula is C25H29N3O5S. The number of hydrogen-bond donors (Lipinski definition) is 2. The van der Waals surface area contributed by atoms with E-state index in [2.05, 4.69) is 5.32 Å². The first kappa shape index (κ1) is 24.4. The average molecular weight is 484 g/mol. The number of nitrogens with one attached hydrogen (secondary N) is 1. The Morgan fingerprint density at radius 1 is 1.00 bits per heavy atom. The zero-order chi connectivity index (χ0) is 23.9. The standard InChI is InChI=1S/C25H29N3O5S/c26-10-11-32-15-17-4-6-18(7-5-17)16-33-12-13-34-22-3-1-2-19-20(22)14-28(25(19)31)21-8-9-23(29)27-24(21)30/h1-7,21H,8-16,26H2,(H,27,29,30). The lowest BCUT2D eigenvalue weighted by atomic mass is 10.0. The van der Waals surface area contributed by atoms with Crippen molar-refractivity contribution in [3.8, 4) is 0 Å². The third kappa shape index (κ3) is 5.85. The second kappa shape index (κ2) is 11.6. The number of benzene rings is 2. The van der Waals surface area contributed by atoms with Crippen LogP contribution >= 0.6 is 11.8 Å². The van der Waals surface area contributed by atoms with Crippen LogP contribution in [-0.4, -0.2) is 54.2 Å². The fourth-order valence-electron chi connectivity index (χ4n) is 4.10. The van der Waals surface area contributed by atoms with Gasteiger partial charge in [0.05, 0.1) is 26.4 Å². The predicted molar refractivity (Wildman–Crippen MR) is 128 cm³/mol. The lowest BCUT2D eigenvalue weighted by Crippen LogP contribution is -2.52. The summed E-state index contributed by atoms with van der Waals surface area (Å²) in [5.41, 5.74) is 9.20. The monoisotopic (exact) mass is 483 g/mol. The number of carbonyl (C=O) groups is 3.